The molecular weight excluding hydrogens is 367 g/mol. The fourth-order valence-electron chi connectivity index (χ4n) is 2.03. The van der Waals surface area contributed by atoms with Gasteiger partial charge in [0.15, 0.2) is 11.7 Å². The highest BCUT2D eigenvalue weighted by atomic mass is 127. The van der Waals surface area contributed by atoms with Gasteiger partial charge < -0.3 is 14.7 Å². The molecule has 3 rings (SSSR count). The van der Waals surface area contributed by atoms with Crippen molar-refractivity contribution in [2.24, 2.45) is 4.99 Å². The highest BCUT2D eigenvalue weighted by Gasteiger charge is 2.12. The maximum atomic E-state index is 5.35. The molecule has 20 heavy (non-hydrogen) atoms. The van der Waals surface area contributed by atoms with Crippen LogP contribution in [0.2, 0.25) is 0 Å². The minimum Gasteiger partial charge on any atom is -0.356 e. The first-order valence-electron chi connectivity index (χ1n) is 6.33. The third-order valence-electron chi connectivity index (χ3n) is 3.10. The van der Waals surface area contributed by atoms with E-state index in [1.54, 1.807) is 0 Å². The summed E-state index contributed by atoms with van der Waals surface area (Å²) in [6.45, 7) is 2.45. The highest BCUT2D eigenvalue weighted by molar-refractivity contribution is 14.0. The molecule has 0 saturated heterocycles. The van der Waals surface area contributed by atoms with Gasteiger partial charge in [0, 0.05) is 25.2 Å². The fourth-order valence-corrected chi connectivity index (χ4v) is 2.03. The number of benzene rings is 1. The lowest BCUT2D eigenvalue weighted by molar-refractivity contribution is 0.421. The van der Waals surface area contributed by atoms with Crippen LogP contribution in [0.3, 0.4) is 0 Å². The molecule has 0 aliphatic carbocycles. The van der Waals surface area contributed by atoms with Gasteiger partial charge >= 0.3 is 0 Å². The molecule has 0 spiro atoms. The van der Waals surface area contributed by atoms with Gasteiger partial charge in [0.2, 0.25) is 0 Å². The van der Waals surface area contributed by atoms with Gasteiger partial charge in [-0.25, -0.2) is 0 Å². The van der Waals surface area contributed by atoms with Crippen LogP contribution in [-0.2, 0) is 6.54 Å². The van der Waals surface area contributed by atoms with Gasteiger partial charge in [0.05, 0.1) is 13.1 Å². The van der Waals surface area contributed by atoms with E-state index in [0.717, 1.165) is 36.1 Å². The molecule has 2 aromatic rings. The fraction of sp³-hybridized carbons (Fsp3) is 0.286. The average molecular weight is 384 g/mol. The lowest BCUT2D eigenvalue weighted by Crippen LogP contribution is -2.35. The van der Waals surface area contributed by atoms with Gasteiger partial charge in [0.25, 0.3) is 0 Å². The molecule has 6 heteroatoms. The summed E-state index contributed by atoms with van der Waals surface area (Å²) in [7, 11) is 2.02. The number of aliphatic imine (C=N–C) groups is 1. The number of nitrogens with zero attached hydrogens (tertiary/aromatic N) is 3. The number of hydrogen-bond acceptors (Lipinski definition) is 5. The van der Waals surface area contributed by atoms with Crippen molar-refractivity contribution in [1.29, 1.82) is 0 Å². The Labute approximate surface area is 135 Å². The van der Waals surface area contributed by atoms with E-state index in [1.807, 2.05) is 43.4 Å². The van der Waals surface area contributed by atoms with Crippen molar-refractivity contribution in [2.45, 2.75) is 6.54 Å². The largest absolute Gasteiger partial charge is 0.356 e. The first-order valence-corrected chi connectivity index (χ1v) is 6.33. The van der Waals surface area contributed by atoms with E-state index in [1.165, 1.54) is 0 Å². The number of rotatable bonds is 3. The summed E-state index contributed by atoms with van der Waals surface area (Å²) >= 11 is 0. The molecule has 1 aromatic carbocycles. The lowest BCUT2D eigenvalue weighted by atomic mass is 10.2. The van der Waals surface area contributed by atoms with Crippen molar-refractivity contribution in [3.05, 3.63) is 42.1 Å². The molecule has 0 radical (unpaired) electrons. The summed E-state index contributed by atoms with van der Waals surface area (Å²) in [5.41, 5.74) is 1.92. The molecule has 0 atom stereocenters. The van der Waals surface area contributed by atoms with Crippen molar-refractivity contribution in [2.75, 3.05) is 20.1 Å². The SMILES string of the molecule is CN1CCN=C1NCc1cc(-c2ccccc2)on1.I. The molecular formula is C14H17IN4O. The first-order chi connectivity index (χ1) is 9.33. The molecule has 1 aliphatic rings. The van der Waals surface area contributed by atoms with Crippen LogP contribution < -0.4 is 5.32 Å². The summed E-state index contributed by atoms with van der Waals surface area (Å²) in [6, 6.07) is 11.9. The second kappa shape index (κ2) is 6.74. The van der Waals surface area contributed by atoms with Crippen LogP contribution in [0.25, 0.3) is 11.3 Å². The molecule has 0 unspecified atom stereocenters. The quantitative estimate of drug-likeness (QED) is 0.826. The summed E-state index contributed by atoms with van der Waals surface area (Å²) in [4.78, 5) is 6.47. The summed E-state index contributed by atoms with van der Waals surface area (Å²) in [6.07, 6.45) is 0. The summed E-state index contributed by atoms with van der Waals surface area (Å²) in [5.74, 6) is 1.71. The standard InChI is InChI=1S/C14H16N4O.HI/c1-18-8-7-15-14(18)16-10-12-9-13(19-17-12)11-5-3-2-4-6-11;/h2-6,9H,7-8,10H2,1H3,(H,15,16);1H. The Bertz CT molecular complexity index is 582. The third-order valence-corrected chi connectivity index (χ3v) is 3.10. The zero-order valence-corrected chi connectivity index (χ0v) is 13.6. The number of aromatic nitrogens is 1. The molecule has 0 bridgehead atoms. The van der Waals surface area contributed by atoms with Crippen molar-refractivity contribution in [3.63, 3.8) is 0 Å². The summed E-state index contributed by atoms with van der Waals surface area (Å²) in [5, 5.41) is 7.33. The minimum atomic E-state index is 0. The molecule has 0 fully saturated rings. The van der Waals surface area contributed by atoms with Crippen molar-refractivity contribution >= 4 is 29.9 Å². The van der Waals surface area contributed by atoms with Crippen LogP contribution >= 0.6 is 24.0 Å². The lowest BCUT2D eigenvalue weighted by Gasteiger charge is -2.13. The van der Waals surface area contributed by atoms with Crippen molar-refractivity contribution in [3.8, 4) is 11.3 Å². The Morgan fingerprint density at radius 3 is 2.80 bits per heavy atom. The van der Waals surface area contributed by atoms with Gasteiger partial charge in [-0.2, -0.15) is 0 Å². The molecule has 1 aromatic heterocycles. The maximum absolute atomic E-state index is 5.35. The van der Waals surface area contributed by atoms with Crippen LogP contribution in [0.4, 0.5) is 0 Å². The second-order valence-corrected chi connectivity index (χ2v) is 4.53. The highest BCUT2D eigenvalue weighted by Crippen LogP contribution is 2.19. The molecule has 106 valence electrons. The van der Waals surface area contributed by atoms with Gasteiger partial charge in [-0.15, -0.1) is 24.0 Å². The van der Waals surface area contributed by atoms with Gasteiger partial charge in [0.1, 0.15) is 5.69 Å². The molecule has 1 N–H and O–H groups in total. The number of hydrogen-bond donors (Lipinski definition) is 1. The third kappa shape index (κ3) is 3.30. The maximum Gasteiger partial charge on any atom is 0.194 e. The normalized spacial score (nSPS) is 13.8. The van der Waals surface area contributed by atoms with Gasteiger partial charge in [-0.3, -0.25) is 4.99 Å². The molecule has 5 nitrogen and oxygen atoms in total. The predicted octanol–water partition coefficient (Wildman–Crippen LogP) is 2.35. The predicted molar refractivity (Wildman–Crippen MR) is 89.1 cm³/mol. The van der Waals surface area contributed by atoms with E-state index < -0.39 is 0 Å². The smallest absolute Gasteiger partial charge is 0.194 e. The number of guanidine groups is 1. The Kier molecular flexibility index (Phi) is 4.99. The average Bonchev–Trinajstić information content (AvgIpc) is 3.06. The van der Waals surface area contributed by atoms with Crippen LogP contribution in [0.5, 0.6) is 0 Å². The first kappa shape index (κ1) is 14.8. The van der Waals surface area contributed by atoms with Crippen LogP contribution in [-0.4, -0.2) is 36.2 Å². The molecule has 0 amide bonds. The van der Waals surface area contributed by atoms with E-state index in [-0.39, 0.29) is 24.0 Å². The number of likely N-dealkylation sites (N-methyl/N-ethyl adjacent to an activating group) is 1. The van der Waals surface area contributed by atoms with Crippen LogP contribution in [0.1, 0.15) is 5.69 Å². The van der Waals surface area contributed by atoms with E-state index in [9.17, 15) is 0 Å². The van der Waals surface area contributed by atoms with Crippen LogP contribution in [0.15, 0.2) is 45.9 Å². The topological polar surface area (TPSA) is 53.7 Å². The number of nitrogens with one attached hydrogen (secondary N) is 1. The second-order valence-electron chi connectivity index (χ2n) is 4.53. The molecule has 1 aliphatic heterocycles. The van der Waals surface area contributed by atoms with Gasteiger partial charge in [-0.1, -0.05) is 35.5 Å². The Morgan fingerprint density at radius 2 is 2.10 bits per heavy atom. The van der Waals surface area contributed by atoms with Crippen molar-refractivity contribution < 1.29 is 4.52 Å². The minimum absolute atomic E-state index is 0. The van der Waals surface area contributed by atoms with E-state index in [0.29, 0.717) is 6.54 Å². The van der Waals surface area contributed by atoms with E-state index in [4.69, 9.17) is 4.52 Å². The zero-order valence-electron chi connectivity index (χ0n) is 11.2. The Hall–Kier alpha value is -1.57. The van der Waals surface area contributed by atoms with Crippen LogP contribution in [0, 0.1) is 0 Å². The monoisotopic (exact) mass is 384 g/mol. The van der Waals surface area contributed by atoms with E-state index >= 15 is 0 Å². The van der Waals surface area contributed by atoms with Gasteiger partial charge in [-0.05, 0) is 0 Å². The Morgan fingerprint density at radius 1 is 1.30 bits per heavy atom. The molecule has 0 saturated carbocycles. The molecule has 2 heterocycles. The van der Waals surface area contributed by atoms with E-state index in [2.05, 4.69) is 20.4 Å². The number of halogens is 1. The Balaban J connectivity index is 0.00000147. The van der Waals surface area contributed by atoms with Crippen molar-refractivity contribution in [1.82, 2.24) is 15.4 Å². The zero-order chi connectivity index (χ0) is 13.1. The summed E-state index contributed by atoms with van der Waals surface area (Å²) < 4.78 is 5.35.